The molecule has 5 nitrogen and oxygen atoms in total. The average molecular weight is 391 g/mol. The number of rotatable bonds is 3. The standard InChI is InChI=1S/C22H19ClN4O/c1-13-8-14(2)10-17(9-13)25-22(28)27-21-18-11-16(23)5-6-19(18)26-20(21)15-4-3-7-24-12-15/h3-12,26H,1-2H3,(H2,25,27,28). The number of hydrogen-bond donors (Lipinski definition) is 3. The summed E-state index contributed by atoms with van der Waals surface area (Å²) in [5, 5.41) is 7.32. The third kappa shape index (κ3) is 3.70. The number of aromatic nitrogens is 2. The maximum Gasteiger partial charge on any atom is 0.323 e. The number of H-pyrrole nitrogens is 1. The number of nitrogens with zero attached hydrogens (tertiary/aromatic N) is 1. The van der Waals surface area contributed by atoms with Crippen LogP contribution < -0.4 is 10.6 Å². The first-order valence-electron chi connectivity index (χ1n) is 8.87. The van der Waals surface area contributed by atoms with Crippen molar-refractivity contribution in [1.29, 1.82) is 0 Å². The van der Waals surface area contributed by atoms with Crippen molar-refractivity contribution < 1.29 is 4.79 Å². The van der Waals surface area contributed by atoms with Gasteiger partial charge in [0.25, 0.3) is 0 Å². The van der Waals surface area contributed by atoms with Crippen LogP contribution in [0.15, 0.2) is 60.9 Å². The largest absolute Gasteiger partial charge is 0.353 e. The number of carbonyl (C=O) groups excluding carboxylic acids is 1. The maximum atomic E-state index is 12.7. The molecule has 0 aliphatic carbocycles. The Balaban J connectivity index is 1.72. The average Bonchev–Trinajstić information content (AvgIpc) is 2.99. The fourth-order valence-electron chi connectivity index (χ4n) is 3.34. The Morgan fingerprint density at radius 3 is 2.54 bits per heavy atom. The number of carbonyl (C=O) groups is 1. The molecule has 0 aliphatic rings. The lowest BCUT2D eigenvalue weighted by atomic mass is 10.1. The van der Waals surface area contributed by atoms with Crippen LogP contribution in [0.4, 0.5) is 16.2 Å². The summed E-state index contributed by atoms with van der Waals surface area (Å²) < 4.78 is 0. The zero-order valence-corrected chi connectivity index (χ0v) is 16.3. The van der Waals surface area contributed by atoms with Crippen LogP contribution in [0.3, 0.4) is 0 Å². The molecule has 4 rings (SSSR count). The third-order valence-electron chi connectivity index (χ3n) is 4.43. The predicted octanol–water partition coefficient (Wildman–Crippen LogP) is 6.14. The molecule has 6 heteroatoms. The first-order chi connectivity index (χ1) is 13.5. The summed E-state index contributed by atoms with van der Waals surface area (Å²) in [6.07, 6.45) is 3.46. The number of pyridine rings is 1. The Morgan fingerprint density at radius 1 is 1.04 bits per heavy atom. The van der Waals surface area contributed by atoms with Crippen molar-refractivity contribution in [1.82, 2.24) is 9.97 Å². The Labute approximate surface area is 167 Å². The van der Waals surface area contributed by atoms with Gasteiger partial charge in [-0.2, -0.15) is 0 Å². The normalized spacial score (nSPS) is 10.8. The molecule has 0 spiro atoms. The van der Waals surface area contributed by atoms with Gasteiger partial charge in [0.1, 0.15) is 0 Å². The van der Waals surface area contributed by atoms with E-state index in [1.807, 2.05) is 56.3 Å². The number of halogens is 1. The van der Waals surface area contributed by atoms with Crippen LogP contribution in [-0.2, 0) is 0 Å². The van der Waals surface area contributed by atoms with Crippen molar-refractivity contribution in [2.24, 2.45) is 0 Å². The van der Waals surface area contributed by atoms with E-state index in [0.29, 0.717) is 10.7 Å². The highest BCUT2D eigenvalue weighted by Crippen LogP contribution is 2.36. The molecule has 0 saturated carbocycles. The summed E-state index contributed by atoms with van der Waals surface area (Å²) >= 11 is 6.19. The Bertz CT molecular complexity index is 1150. The van der Waals surface area contributed by atoms with Gasteiger partial charge in [0, 0.05) is 39.6 Å². The monoisotopic (exact) mass is 390 g/mol. The third-order valence-corrected chi connectivity index (χ3v) is 4.66. The minimum absolute atomic E-state index is 0.323. The topological polar surface area (TPSA) is 69.8 Å². The van der Waals surface area contributed by atoms with Crippen molar-refractivity contribution in [3.63, 3.8) is 0 Å². The van der Waals surface area contributed by atoms with Crippen LogP contribution in [0.1, 0.15) is 11.1 Å². The number of urea groups is 1. The van der Waals surface area contributed by atoms with Crippen molar-refractivity contribution in [3.8, 4) is 11.3 Å². The molecule has 2 aromatic carbocycles. The number of nitrogens with one attached hydrogen (secondary N) is 3. The molecule has 2 amide bonds. The number of anilines is 2. The molecule has 2 heterocycles. The van der Waals surface area contributed by atoms with Gasteiger partial charge in [-0.1, -0.05) is 17.7 Å². The lowest BCUT2D eigenvalue weighted by molar-refractivity contribution is 0.262. The molecule has 2 aromatic heterocycles. The van der Waals surface area contributed by atoms with E-state index in [4.69, 9.17) is 11.6 Å². The van der Waals surface area contributed by atoms with E-state index in [0.717, 1.165) is 39.0 Å². The van der Waals surface area contributed by atoms with Gasteiger partial charge in [0.05, 0.1) is 11.4 Å². The van der Waals surface area contributed by atoms with E-state index >= 15 is 0 Å². The van der Waals surface area contributed by atoms with Gasteiger partial charge in [0.2, 0.25) is 0 Å². The summed E-state index contributed by atoms with van der Waals surface area (Å²) in [4.78, 5) is 20.3. The molecule has 0 atom stereocenters. The quantitative estimate of drug-likeness (QED) is 0.393. The van der Waals surface area contributed by atoms with Crippen LogP contribution >= 0.6 is 11.6 Å². The van der Waals surface area contributed by atoms with Gasteiger partial charge >= 0.3 is 6.03 Å². The Hall–Kier alpha value is -3.31. The van der Waals surface area contributed by atoms with Gasteiger partial charge in [-0.25, -0.2) is 4.79 Å². The van der Waals surface area contributed by atoms with Gasteiger partial charge in [-0.3, -0.25) is 4.98 Å². The molecular weight excluding hydrogens is 372 g/mol. The molecule has 0 bridgehead atoms. The molecule has 4 aromatic rings. The van der Waals surface area contributed by atoms with Crippen molar-refractivity contribution in [3.05, 3.63) is 77.1 Å². The molecule has 0 fully saturated rings. The lowest BCUT2D eigenvalue weighted by Gasteiger charge is -2.11. The number of aryl methyl sites for hydroxylation is 2. The zero-order valence-electron chi connectivity index (χ0n) is 15.5. The predicted molar refractivity (Wildman–Crippen MR) is 115 cm³/mol. The van der Waals surface area contributed by atoms with E-state index in [1.54, 1.807) is 12.4 Å². The second-order valence-corrected chi connectivity index (χ2v) is 7.20. The number of benzene rings is 2. The van der Waals surface area contributed by atoms with Crippen molar-refractivity contribution in [2.45, 2.75) is 13.8 Å². The van der Waals surface area contributed by atoms with E-state index in [1.165, 1.54) is 0 Å². The molecular formula is C22H19ClN4O. The number of amides is 2. The minimum Gasteiger partial charge on any atom is -0.353 e. The van der Waals surface area contributed by atoms with Crippen LogP contribution in [0.5, 0.6) is 0 Å². The molecule has 28 heavy (non-hydrogen) atoms. The number of fused-ring (bicyclic) bond motifs is 1. The summed E-state index contributed by atoms with van der Waals surface area (Å²) in [6.45, 7) is 4.00. The first-order valence-corrected chi connectivity index (χ1v) is 9.25. The van der Waals surface area contributed by atoms with Gasteiger partial charge in [-0.15, -0.1) is 0 Å². The van der Waals surface area contributed by atoms with Crippen LogP contribution in [-0.4, -0.2) is 16.0 Å². The summed E-state index contributed by atoms with van der Waals surface area (Å²) in [7, 11) is 0. The smallest absolute Gasteiger partial charge is 0.323 e. The zero-order chi connectivity index (χ0) is 19.7. The minimum atomic E-state index is -0.323. The fourth-order valence-corrected chi connectivity index (χ4v) is 3.52. The second kappa shape index (κ2) is 7.37. The van der Waals surface area contributed by atoms with E-state index < -0.39 is 0 Å². The van der Waals surface area contributed by atoms with E-state index in [-0.39, 0.29) is 6.03 Å². The highest BCUT2D eigenvalue weighted by atomic mass is 35.5. The molecule has 0 saturated heterocycles. The van der Waals surface area contributed by atoms with E-state index in [2.05, 4.69) is 26.7 Å². The molecule has 3 N–H and O–H groups in total. The van der Waals surface area contributed by atoms with Crippen molar-refractivity contribution >= 4 is 39.9 Å². The maximum absolute atomic E-state index is 12.7. The lowest BCUT2D eigenvalue weighted by Crippen LogP contribution is -2.19. The Kier molecular flexibility index (Phi) is 4.75. The van der Waals surface area contributed by atoms with Crippen LogP contribution in [0.25, 0.3) is 22.2 Å². The van der Waals surface area contributed by atoms with Gasteiger partial charge in [0.15, 0.2) is 0 Å². The highest BCUT2D eigenvalue weighted by molar-refractivity contribution is 6.31. The summed E-state index contributed by atoms with van der Waals surface area (Å²) in [5.41, 5.74) is 6.11. The van der Waals surface area contributed by atoms with Crippen molar-refractivity contribution in [2.75, 3.05) is 10.6 Å². The van der Waals surface area contributed by atoms with Crippen LogP contribution in [0, 0.1) is 13.8 Å². The molecule has 140 valence electrons. The van der Waals surface area contributed by atoms with Gasteiger partial charge < -0.3 is 15.6 Å². The van der Waals surface area contributed by atoms with E-state index in [9.17, 15) is 4.79 Å². The van der Waals surface area contributed by atoms with Gasteiger partial charge in [-0.05, 0) is 67.4 Å². The first kappa shape index (κ1) is 18.1. The summed E-state index contributed by atoms with van der Waals surface area (Å²) in [5.74, 6) is 0. The SMILES string of the molecule is Cc1cc(C)cc(NC(=O)Nc2c(-c3cccnc3)[nH]c3ccc(Cl)cc23)c1. The number of aromatic amines is 1. The molecule has 0 unspecified atom stereocenters. The number of hydrogen-bond acceptors (Lipinski definition) is 2. The molecule has 0 radical (unpaired) electrons. The van der Waals surface area contributed by atoms with Crippen LogP contribution in [0.2, 0.25) is 5.02 Å². The second-order valence-electron chi connectivity index (χ2n) is 6.76. The summed E-state index contributed by atoms with van der Waals surface area (Å²) in [6, 6.07) is 14.9. The molecule has 0 aliphatic heterocycles. The fraction of sp³-hybridized carbons (Fsp3) is 0.0909. The Morgan fingerprint density at radius 2 is 1.82 bits per heavy atom. The highest BCUT2D eigenvalue weighted by Gasteiger charge is 2.16.